The summed E-state index contributed by atoms with van der Waals surface area (Å²) in [5.41, 5.74) is 2.40. The van der Waals surface area contributed by atoms with Gasteiger partial charge in [0, 0.05) is 12.2 Å². The lowest BCUT2D eigenvalue weighted by Gasteiger charge is -2.23. The van der Waals surface area contributed by atoms with Crippen LogP contribution in [0.5, 0.6) is 0 Å². The fraction of sp³-hybridized carbons (Fsp3) is 0.333. The maximum absolute atomic E-state index is 5.25. The Hall–Kier alpha value is -2.50. The molecular formula is C15H15N5O. The zero-order valence-electron chi connectivity index (χ0n) is 11.7. The second-order valence-corrected chi connectivity index (χ2v) is 5.33. The van der Waals surface area contributed by atoms with Gasteiger partial charge in [0.15, 0.2) is 0 Å². The van der Waals surface area contributed by atoms with Crippen molar-refractivity contribution >= 4 is 16.9 Å². The number of nitrogens with zero attached hydrogens (tertiary/aromatic N) is 5. The Bertz CT molecular complexity index is 766. The summed E-state index contributed by atoms with van der Waals surface area (Å²) in [6.45, 7) is 2.66. The third-order valence-corrected chi connectivity index (χ3v) is 3.74. The lowest BCUT2D eigenvalue weighted by atomic mass is 10.2. The zero-order chi connectivity index (χ0) is 14.2. The summed E-state index contributed by atoms with van der Waals surface area (Å²) in [5, 5.41) is 4.91. The number of fused-ring (bicyclic) bond motifs is 1. The molecule has 0 aromatic carbocycles. The fourth-order valence-electron chi connectivity index (χ4n) is 2.55. The van der Waals surface area contributed by atoms with E-state index in [4.69, 9.17) is 4.52 Å². The van der Waals surface area contributed by atoms with E-state index in [9.17, 15) is 0 Å². The van der Waals surface area contributed by atoms with Gasteiger partial charge in [0.2, 0.25) is 0 Å². The molecule has 0 unspecified atom stereocenters. The van der Waals surface area contributed by atoms with E-state index >= 15 is 0 Å². The van der Waals surface area contributed by atoms with Crippen LogP contribution in [0.4, 0.5) is 5.82 Å². The van der Waals surface area contributed by atoms with Gasteiger partial charge in [0.05, 0.1) is 17.9 Å². The third-order valence-electron chi connectivity index (χ3n) is 3.74. The van der Waals surface area contributed by atoms with Gasteiger partial charge in [-0.25, -0.2) is 4.98 Å². The van der Waals surface area contributed by atoms with E-state index < -0.39 is 0 Å². The first-order valence-electron chi connectivity index (χ1n) is 7.06. The Morgan fingerprint density at radius 1 is 1.24 bits per heavy atom. The number of aromatic nitrogens is 4. The normalized spacial score (nSPS) is 14.5. The number of rotatable bonds is 4. The fourth-order valence-corrected chi connectivity index (χ4v) is 2.55. The van der Waals surface area contributed by atoms with Crippen molar-refractivity contribution in [3.8, 4) is 0 Å². The number of hydrogen-bond acceptors (Lipinski definition) is 6. The maximum atomic E-state index is 5.25. The van der Waals surface area contributed by atoms with Crippen molar-refractivity contribution in [2.75, 3.05) is 4.90 Å². The van der Waals surface area contributed by atoms with Gasteiger partial charge in [-0.15, -0.1) is 0 Å². The van der Waals surface area contributed by atoms with E-state index in [1.54, 1.807) is 0 Å². The van der Waals surface area contributed by atoms with E-state index in [0.717, 1.165) is 29.1 Å². The molecule has 0 aliphatic heterocycles. The molecule has 1 saturated carbocycles. The zero-order valence-corrected chi connectivity index (χ0v) is 11.7. The second-order valence-electron chi connectivity index (χ2n) is 5.33. The smallest absolute Gasteiger partial charge is 0.263 e. The van der Waals surface area contributed by atoms with Gasteiger partial charge in [-0.2, -0.15) is 4.98 Å². The molecule has 0 atom stereocenters. The molecular weight excluding hydrogens is 266 g/mol. The Balaban J connectivity index is 1.78. The number of anilines is 1. The van der Waals surface area contributed by atoms with Crippen LogP contribution in [0, 0.1) is 6.92 Å². The van der Waals surface area contributed by atoms with Gasteiger partial charge in [-0.3, -0.25) is 4.98 Å². The largest absolute Gasteiger partial charge is 0.347 e. The average Bonchev–Trinajstić information content (AvgIpc) is 3.29. The minimum atomic E-state index is 0.513. The molecule has 3 heterocycles. The van der Waals surface area contributed by atoms with Gasteiger partial charge in [0.25, 0.3) is 5.71 Å². The first kappa shape index (κ1) is 12.3. The van der Waals surface area contributed by atoms with Crippen LogP contribution in [0.25, 0.3) is 11.1 Å². The summed E-state index contributed by atoms with van der Waals surface area (Å²) >= 11 is 0. The molecule has 1 aliphatic rings. The number of pyridine rings is 1. The van der Waals surface area contributed by atoms with Crippen molar-refractivity contribution in [3.05, 3.63) is 42.1 Å². The van der Waals surface area contributed by atoms with Crippen molar-refractivity contribution in [2.24, 2.45) is 0 Å². The van der Waals surface area contributed by atoms with Crippen LogP contribution in [-0.2, 0) is 6.54 Å². The topological polar surface area (TPSA) is 67.9 Å². The van der Waals surface area contributed by atoms with Crippen molar-refractivity contribution in [1.29, 1.82) is 0 Å². The Morgan fingerprint density at radius 3 is 2.90 bits per heavy atom. The lowest BCUT2D eigenvalue weighted by Crippen LogP contribution is -2.26. The predicted octanol–water partition coefficient (Wildman–Crippen LogP) is 2.49. The molecule has 6 heteroatoms. The van der Waals surface area contributed by atoms with Crippen molar-refractivity contribution in [1.82, 2.24) is 20.1 Å². The highest BCUT2D eigenvalue weighted by molar-refractivity contribution is 5.88. The average molecular weight is 281 g/mol. The van der Waals surface area contributed by atoms with Gasteiger partial charge < -0.3 is 9.42 Å². The first-order valence-corrected chi connectivity index (χ1v) is 7.06. The Morgan fingerprint density at radius 2 is 2.14 bits per heavy atom. The number of hydrogen-bond donors (Lipinski definition) is 0. The molecule has 0 amide bonds. The maximum Gasteiger partial charge on any atom is 0.263 e. The van der Waals surface area contributed by atoms with Gasteiger partial charge >= 0.3 is 0 Å². The summed E-state index contributed by atoms with van der Waals surface area (Å²) in [6.07, 6.45) is 5.72. The van der Waals surface area contributed by atoms with Crippen LogP contribution >= 0.6 is 0 Å². The summed E-state index contributed by atoms with van der Waals surface area (Å²) in [4.78, 5) is 15.3. The summed E-state index contributed by atoms with van der Waals surface area (Å²) in [6, 6.07) is 6.49. The number of aryl methyl sites for hydroxylation is 1. The van der Waals surface area contributed by atoms with Crippen LogP contribution in [-0.4, -0.2) is 26.2 Å². The highest BCUT2D eigenvalue weighted by Gasteiger charge is 2.32. The van der Waals surface area contributed by atoms with Crippen LogP contribution in [0.1, 0.15) is 24.2 Å². The molecule has 0 bridgehead atoms. The molecule has 4 rings (SSSR count). The minimum Gasteiger partial charge on any atom is -0.347 e. The van der Waals surface area contributed by atoms with Gasteiger partial charge in [0.1, 0.15) is 17.5 Å². The molecule has 6 nitrogen and oxygen atoms in total. The van der Waals surface area contributed by atoms with E-state index in [1.807, 2.05) is 31.3 Å². The quantitative estimate of drug-likeness (QED) is 0.732. The predicted molar refractivity (Wildman–Crippen MR) is 77.8 cm³/mol. The second kappa shape index (κ2) is 4.80. The molecule has 0 N–H and O–H groups in total. The van der Waals surface area contributed by atoms with Crippen LogP contribution in [0.3, 0.4) is 0 Å². The van der Waals surface area contributed by atoms with Crippen LogP contribution in [0.15, 0.2) is 35.2 Å². The molecule has 106 valence electrons. The lowest BCUT2D eigenvalue weighted by molar-refractivity contribution is 0.442. The van der Waals surface area contributed by atoms with E-state index in [2.05, 4.69) is 25.0 Å². The summed E-state index contributed by atoms with van der Waals surface area (Å²) < 4.78 is 5.25. The standard InChI is InChI=1S/C15H15N5O/c1-10-13-14(17-9-18-15(13)21-19-10)20(12-5-6-12)8-11-4-2-3-7-16-11/h2-4,7,9,12H,5-6,8H2,1H3. The molecule has 0 saturated heterocycles. The molecule has 3 aromatic heterocycles. The van der Waals surface area contributed by atoms with Crippen LogP contribution in [0.2, 0.25) is 0 Å². The first-order chi connectivity index (χ1) is 10.3. The highest BCUT2D eigenvalue weighted by Crippen LogP contribution is 2.35. The Labute approximate surface area is 121 Å². The van der Waals surface area contributed by atoms with E-state index in [1.165, 1.54) is 19.2 Å². The molecule has 3 aromatic rings. The van der Waals surface area contributed by atoms with Crippen LogP contribution < -0.4 is 4.90 Å². The molecule has 21 heavy (non-hydrogen) atoms. The monoisotopic (exact) mass is 281 g/mol. The van der Waals surface area contributed by atoms with E-state index in [0.29, 0.717) is 11.8 Å². The van der Waals surface area contributed by atoms with Gasteiger partial charge in [-0.05, 0) is 31.9 Å². The minimum absolute atomic E-state index is 0.513. The van der Waals surface area contributed by atoms with E-state index in [-0.39, 0.29) is 0 Å². The summed E-state index contributed by atoms with van der Waals surface area (Å²) in [7, 11) is 0. The SMILES string of the molecule is Cc1noc2ncnc(N(Cc3ccccn3)C3CC3)c12. The van der Waals surface area contributed by atoms with Crippen molar-refractivity contribution in [2.45, 2.75) is 32.4 Å². The Kier molecular flexibility index (Phi) is 2.80. The van der Waals surface area contributed by atoms with Crippen molar-refractivity contribution in [3.63, 3.8) is 0 Å². The molecule has 0 spiro atoms. The molecule has 1 fully saturated rings. The third kappa shape index (κ3) is 2.22. The van der Waals surface area contributed by atoms with Crippen molar-refractivity contribution < 1.29 is 4.52 Å². The molecule has 0 radical (unpaired) electrons. The summed E-state index contributed by atoms with van der Waals surface area (Å²) in [5.74, 6) is 0.895. The van der Waals surface area contributed by atoms with Gasteiger partial charge in [-0.1, -0.05) is 11.2 Å². The highest BCUT2D eigenvalue weighted by atomic mass is 16.5. The molecule has 1 aliphatic carbocycles.